The van der Waals surface area contributed by atoms with Crippen molar-refractivity contribution >= 4 is 0 Å². The Bertz CT molecular complexity index is 73.5. The second kappa shape index (κ2) is 3.18. The first-order chi connectivity index (χ1) is 3.95. The highest BCUT2D eigenvalue weighted by atomic mass is 15.5. The summed E-state index contributed by atoms with van der Waals surface area (Å²) in [6.45, 7) is 7.74. The smallest absolute Gasteiger partial charge is 0.0176 e. The van der Waals surface area contributed by atoms with Crippen LogP contribution in [0, 0.1) is 5.41 Å². The van der Waals surface area contributed by atoms with E-state index in [2.05, 4.69) is 31.2 Å². The molecule has 0 rings (SSSR count). The van der Waals surface area contributed by atoms with Gasteiger partial charge in [0.05, 0.1) is 0 Å². The molecular formula is C7H18N2. The largest absolute Gasteiger partial charge is 0.259 e. The van der Waals surface area contributed by atoms with E-state index in [1.807, 2.05) is 14.1 Å². The van der Waals surface area contributed by atoms with Gasteiger partial charge in [-0.2, -0.15) is 0 Å². The predicted octanol–water partition coefficient (Wildman–Crippen LogP) is 1.10. The third-order valence-electron chi connectivity index (χ3n) is 1.09. The Morgan fingerprint density at radius 1 is 1.33 bits per heavy atom. The maximum absolute atomic E-state index is 3.05. The molecular weight excluding hydrogens is 112 g/mol. The fourth-order valence-corrected chi connectivity index (χ4v) is 0.791. The molecule has 0 aliphatic rings. The van der Waals surface area contributed by atoms with E-state index in [1.165, 1.54) is 0 Å². The number of nitrogens with zero attached hydrogens (tertiary/aromatic N) is 1. The van der Waals surface area contributed by atoms with Gasteiger partial charge in [0.1, 0.15) is 0 Å². The molecule has 0 heterocycles. The Kier molecular flexibility index (Phi) is 3.15. The standard InChI is InChI=1S/C7H18N2/c1-7(2,3)6-9(5)8-4/h8H,6H2,1-5H3. The Hall–Kier alpha value is -0.0800. The number of hydrogen-bond donors (Lipinski definition) is 1. The fraction of sp³-hybridized carbons (Fsp3) is 1.00. The van der Waals surface area contributed by atoms with Crippen LogP contribution in [0.3, 0.4) is 0 Å². The SMILES string of the molecule is CNN(C)CC(C)(C)C. The molecule has 0 fully saturated rings. The van der Waals surface area contributed by atoms with Crippen molar-refractivity contribution in [3.05, 3.63) is 0 Å². The minimum atomic E-state index is 0.387. The lowest BCUT2D eigenvalue weighted by molar-refractivity contribution is 0.179. The highest BCUT2D eigenvalue weighted by Crippen LogP contribution is 2.12. The highest BCUT2D eigenvalue weighted by molar-refractivity contribution is 4.63. The van der Waals surface area contributed by atoms with Gasteiger partial charge in [-0.3, -0.25) is 5.43 Å². The topological polar surface area (TPSA) is 15.3 Å². The fourth-order valence-electron chi connectivity index (χ4n) is 0.791. The molecule has 56 valence electrons. The second-order valence-corrected chi connectivity index (χ2v) is 3.64. The van der Waals surface area contributed by atoms with Crippen molar-refractivity contribution < 1.29 is 0 Å². The number of hydrogen-bond acceptors (Lipinski definition) is 2. The average molecular weight is 130 g/mol. The molecule has 0 spiro atoms. The molecule has 9 heavy (non-hydrogen) atoms. The van der Waals surface area contributed by atoms with E-state index in [0.29, 0.717) is 5.41 Å². The molecule has 0 radical (unpaired) electrons. The zero-order valence-corrected chi connectivity index (χ0v) is 7.15. The summed E-state index contributed by atoms with van der Waals surface area (Å²) in [7, 11) is 3.98. The van der Waals surface area contributed by atoms with Crippen LogP contribution in [0.2, 0.25) is 0 Å². The zero-order valence-electron chi connectivity index (χ0n) is 7.15. The van der Waals surface area contributed by atoms with Crippen LogP contribution in [0.4, 0.5) is 0 Å². The normalized spacial score (nSPS) is 12.7. The van der Waals surface area contributed by atoms with Gasteiger partial charge in [-0.05, 0) is 12.5 Å². The van der Waals surface area contributed by atoms with Gasteiger partial charge in [0.25, 0.3) is 0 Å². The molecule has 0 aliphatic heterocycles. The Labute approximate surface area is 58.2 Å². The third-order valence-corrected chi connectivity index (χ3v) is 1.09. The highest BCUT2D eigenvalue weighted by Gasteiger charge is 2.11. The van der Waals surface area contributed by atoms with Crippen LogP contribution < -0.4 is 5.43 Å². The van der Waals surface area contributed by atoms with Crippen LogP contribution in [0.25, 0.3) is 0 Å². The average Bonchev–Trinajstić information content (AvgIpc) is 1.62. The third kappa shape index (κ3) is 5.80. The van der Waals surface area contributed by atoms with Crippen LogP contribution in [0.15, 0.2) is 0 Å². The van der Waals surface area contributed by atoms with Crippen molar-refractivity contribution in [2.24, 2.45) is 5.41 Å². The van der Waals surface area contributed by atoms with Gasteiger partial charge in [0.15, 0.2) is 0 Å². The maximum Gasteiger partial charge on any atom is 0.0176 e. The summed E-state index contributed by atoms with van der Waals surface area (Å²) in [4.78, 5) is 0. The van der Waals surface area contributed by atoms with E-state index < -0.39 is 0 Å². The quantitative estimate of drug-likeness (QED) is 0.563. The van der Waals surface area contributed by atoms with E-state index >= 15 is 0 Å². The van der Waals surface area contributed by atoms with Crippen LogP contribution >= 0.6 is 0 Å². The summed E-state index contributed by atoms with van der Waals surface area (Å²) < 4.78 is 0. The van der Waals surface area contributed by atoms with E-state index in [-0.39, 0.29) is 0 Å². The maximum atomic E-state index is 3.05. The minimum absolute atomic E-state index is 0.387. The van der Waals surface area contributed by atoms with Gasteiger partial charge in [-0.15, -0.1) is 0 Å². The Balaban J connectivity index is 3.47. The predicted molar refractivity (Wildman–Crippen MR) is 41.1 cm³/mol. The van der Waals surface area contributed by atoms with Crippen LogP contribution in [-0.2, 0) is 0 Å². The first-order valence-corrected chi connectivity index (χ1v) is 3.34. The molecule has 0 bridgehead atoms. The van der Waals surface area contributed by atoms with E-state index in [1.54, 1.807) is 0 Å². The van der Waals surface area contributed by atoms with Crippen molar-refractivity contribution in [2.75, 3.05) is 20.6 Å². The van der Waals surface area contributed by atoms with Crippen molar-refractivity contribution in [1.82, 2.24) is 10.4 Å². The summed E-state index contributed by atoms with van der Waals surface area (Å²) in [6.07, 6.45) is 0. The molecule has 0 amide bonds. The van der Waals surface area contributed by atoms with Gasteiger partial charge < -0.3 is 0 Å². The molecule has 0 aliphatic carbocycles. The summed E-state index contributed by atoms with van der Waals surface area (Å²) in [5.41, 5.74) is 3.44. The van der Waals surface area contributed by atoms with Crippen molar-refractivity contribution in [1.29, 1.82) is 0 Å². The van der Waals surface area contributed by atoms with Crippen molar-refractivity contribution in [2.45, 2.75) is 20.8 Å². The number of rotatable bonds is 2. The summed E-state index contributed by atoms with van der Waals surface area (Å²) in [6, 6.07) is 0. The van der Waals surface area contributed by atoms with E-state index in [0.717, 1.165) is 6.54 Å². The van der Waals surface area contributed by atoms with Gasteiger partial charge in [-0.1, -0.05) is 20.8 Å². The molecule has 2 heteroatoms. The Morgan fingerprint density at radius 3 is 1.89 bits per heavy atom. The lowest BCUT2D eigenvalue weighted by atomic mass is 9.97. The molecule has 0 saturated heterocycles. The van der Waals surface area contributed by atoms with Gasteiger partial charge in [0.2, 0.25) is 0 Å². The molecule has 0 saturated carbocycles. The molecule has 1 N–H and O–H groups in total. The van der Waals surface area contributed by atoms with E-state index in [4.69, 9.17) is 0 Å². The second-order valence-electron chi connectivity index (χ2n) is 3.64. The van der Waals surface area contributed by atoms with Gasteiger partial charge >= 0.3 is 0 Å². The first kappa shape index (κ1) is 8.92. The van der Waals surface area contributed by atoms with Gasteiger partial charge in [0, 0.05) is 13.6 Å². The molecule has 0 aromatic rings. The summed E-state index contributed by atoms with van der Waals surface area (Å²) in [5, 5.41) is 2.08. The Morgan fingerprint density at radius 2 is 1.78 bits per heavy atom. The van der Waals surface area contributed by atoms with Crippen molar-refractivity contribution in [3.63, 3.8) is 0 Å². The summed E-state index contributed by atoms with van der Waals surface area (Å²) >= 11 is 0. The first-order valence-electron chi connectivity index (χ1n) is 3.34. The lowest BCUT2D eigenvalue weighted by Gasteiger charge is -2.25. The molecule has 0 unspecified atom stereocenters. The zero-order chi connectivity index (χ0) is 7.49. The van der Waals surface area contributed by atoms with E-state index in [9.17, 15) is 0 Å². The molecule has 0 aromatic heterocycles. The van der Waals surface area contributed by atoms with Crippen LogP contribution in [-0.4, -0.2) is 25.6 Å². The van der Waals surface area contributed by atoms with Crippen LogP contribution in [0.5, 0.6) is 0 Å². The monoisotopic (exact) mass is 130 g/mol. The lowest BCUT2D eigenvalue weighted by Crippen LogP contribution is -2.37. The number of nitrogens with one attached hydrogen (secondary N) is 1. The minimum Gasteiger partial charge on any atom is -0.259 e. The van der Waals surface area contributed by atoms with Crippen molar-refractivity contribution in [3.8, 4) is 0 Å². The molecule has 2 nitrogen and oxygen atoms in total. The summed E-state index contributed by atoms with van der Waals surface area (Å²) in [5.74, 6) is 0. The molecule has 0 aromatic carbocycles. The number of hydrazine groups is 1. The van der Waals surface area contributed by atoms with Gasteiger partial charge in [-0.25, -0.2) is 5.01 Å². The van der Waals surface area contributed by atoms with Crippen LogP contribution in [0.1, 0.15) is 20.8 Å². The molecule has 0 atom stereocenters.